The first-order valence-electron chi connectivity index (χ1n) is 7.13. The minimum Gasteiger partial charge on any atom is -0.487 e. The average molecular weight is 308 g/mol. The zero-order valence-electron chi connectivity index (χ0n) is 13.0. The Labute approximate surface area is 130 Å². The summed E-state index contributed by atoms with van der Waals surface area (Å²) in [7, 11) is 1.88. The number of rotatable bonds is 5. The summed E-state index contributed by atoms with van der Waals surface area (Å²) in [6.45, 7) is 6.43. The van der Waals surface area contributed by atoms with Crippen LogP contribution in [0.1, 0.15) is 42.4 Å². The topological polar surface area (TPSA) is 53.1 Å². The lowest BCUT2D eigenvalue weighted by Gasteiger charge is -2.12. The van der Waals surface area contributed by atoms with Crippen LogP contribution in [0, 0.1) is 6.92 Å². The number of aromatic nitrogens is 2. The van der Waals surface area contributed by atoms with Crippen molar-refractivity contribution in [3.05, 3.63) is 45.7 Å². The molecule has 0 aliphatic rings. The normalized spacial score (nSPS) is 12.5. The molecule has 0 saturated heterocycles. The summed E-state index contributed by atoms with van der Waals surface area (Å²) in [6, 6.07) is 6.04. The molecule has 0 radical (unpaired) electrons. The first-order chi connectivity index (χ1) is 9.93. The number of ether oxygens (including phenoxy) is 1. The van der Waals surface area contributed by atoms with Gasteiger partial charge in [0.15, 0.2) is 0 Å². The van der Waals surface area contributed by atoms with Crippen LogP contribution in [-0.4, -0.2) is 9.78 Å². The molecule has 0 amide bonds. The van der Waals surface area contributed by atoms with E-state index in [-0.39, 0.29) is 6.04 Å². The fourth-order valence-electron chi connectivity index (χ4n) is 2.24. The summed E-state index contributed by atoms with van der Waals surface area (Å²) >= 11 is 6.32. The maximum atomic E-state index is 6.32. The molecule has 114 valence electrons. The first-order valence-corrected chi connectivity index (χ1v) is 7.51. The summed E-state index contributed by atoms with van der Waals surface area (Å²) in [5, 5.41) is 5.09. The van der Waals surface area contributed by atoms with E-state index in [4.69, 9.17) is 22.1 Å². The summed E-state index contributed by atoms with van der Waals surface area (Å²) in [5.41, 5.74) is 9.85. The van der Waals surface area contributed by atoms with Gasteiger partial charge in [-0.15, -0.1) is 0 Å². The molecule has 21 heavy (non-hydrogen) atoms. The van der Waals surface area contributed by atoms with Gasteiger partial charge in [0.25, 0.3) is 0 Å². The third kappa shape index (κ3) is 3.39. The Morgan fingerprint density at radius 3 is 2.67 bits per heavy atom. The second-order valence-electron chi connectivity index (χ2n) is 5.29. The van der Waals surface area contributed by atoms with Crippen molar-refractivity contribution in [2.75, 3.05) is 0 Å². The van der Waals surface area contributed by atoms with E-state index in [1.165, 1.54) is 0 Å². The highest BCUT2D eigenvalue weighted by Gasteiger charge is 2.14. The molecule has 2 aromatic rings. The van der Waals surface area contributed by atoms with Crippen LogP contribution < -0.4 is 10.5 Å². The Balaban J connectivity index is 2.15. The maximum Gasteiger partial charge on any atom is 0.131 e. The molecule has 2 N–H and O–H groups in total. The number of hydrogen-bond donors (Lipinski definition) is 1. The van der Waals surface area contributed by atoms with Crippen LogP contribution in [0.5, 0.6) is 5.75 Å². The van der Waals surface area contributed by atoms with Crippen LogP contribution in [0.25, 0.3) is 0 Å². The molecule has 4 nitrogen and oxygen atoms in total. The van der Waals surface area contributed by atoms with Crippen LogP contribution >= 0.6 is 11.6 Å². The molecule has 1 heterocycles. The highest BCUT2D eigenvalue weighted by atomic mass is 35.5. The molecule has 0 aliphatic heterocycles. The van der Waals surface area contributed by atoms with Gasteiger partial charge in [0.2, 0.25) is 0 Å². The highest BCUT2D eigenvalue weighted by molar-refractivity contribution is 6.31. The largest absolute Gasteiger partial charge is 0.487 e. The molecule has 1 aromatic heterocycles. The number of hydrogen-bond acceptors (Lipinski definition) is 3. The van der Waals surface area contributed by atoms with E-state index in [0.29, 0.717) is 11.6 Å². The van der Waals surface area contributed by atoms with Crippen LogP contribution in [0.3, 0.4) is 0 Å². The van der Waals surface area contributed by atoms with Gasteiger partial charge >= 0.3 is 0 Å². The van der Waals surface area contributed by atoms with Crippen LogP contribution in [0.4, 0.5) is 0 Å². The van der Waals surface area contributed by atoms with Crippen molar-refractivity contribution < 1.29 is 4.74 Å². The molecule has 0 fully saturated rings. The molecule has 5 heteroatoms. The molecular weight excluding hydrogens is 286 g/mol. The maximum absolute atomic E-state index is 6.32. The van der Waals surface area contributed by atoms with Crippen molar-refractivity contribution in [2.45, 2.75) is 39.8 Å². The lowest BCUT2D eigenvalue weighted by atomic mass is 10.1. The van der Waals surface area contributed by atoms with Crippen LogP contribution in [0.2, 0.25) is 5.02 Å². The fourth-order valence-corrected chi connectivity index (χ4v) is 2.59. The van der Waals surface area contributed by atoms with E-state index in [9.17, 15) is 0 Å². The molecule has 0 bridgehead atoms. The zero-order chi connectivity index (χ0) is 15.6. The third-order valence-electron chi connectivity index (χ3n) is 3.59. The number of nitrogens with zero attached hydrogens (tertiary/aromatic N) is 2. The second-order valence-corrected chi connectivity index (χ2v) is 5.66. The molecule has 1 atom stereocenters. The predicted octanol–water partition coefficient (Wildman–Crippen LogP) is 3.54. The van der Waals surface area contributed by atoms with Crippen molar-refractivity contribution in [1.82, 2.24) is 9.78 Å². The number of halogens is 1. The van der Waals surface area contributed by atoms with E-state index >= 15 is 0 Å². The average Bonchev–Trinajstić information content (AvgIpc) is 2.72. The van der Waals surface area contributed by atoms with E-state index in [1.807, 2.05) is 40.0 Å². The number of aryl methyl sites for hydroxylation is 3. The smallest absolute Gasteiger partial charge is 0.131 e. The van der Waals surface area contributed by atoms with Gasteiger partial charge < -0.3 is 10.5 Å². The summed E-state index contributed by atoms with van der Waals surface area (Å²) < 4.78 is 7.68. The van der Waals surface area contributed by atoms with Crippen molar-refractivity contribution in [2.24, 2.45) is 12.8 Å². The minimum absolute atomic E-state index is 0.0244. The molecule has 0 saturated carbocycles. The zero-order valence-corrected chi connectivity index (χ0v) is 13.7. The van der Waals surface area contributed by atoms with Gasteiger partial charge in [-0.05, 0) is 37.5 Å². The Bertz CT molecular complexity index is 635. The quantitative estimate of drug-likeness (QED) is 0.919. The third-order valence-corrected chi connectivity index (χ3v) is 4.03. The summed E-state index contributed by atoms with van der Waals surface area (Å²) in [5.74, 6) is 0.842. The monoisotopic (exact) mass is 307 g/mol. The van der Waals surface area contributed by atoms with Gasteiger partial charge in [0, 0.05) is 13.1 Å². The summed E-state index contributed by atoms with van der Waals surface area (Å²) in [6.07, 6.45) is 0.814. The standard InChI is InChI=1S/C16H22ClN3O/c1-5-13-16(17)14(20(4)19-13)9-21-15-7-6-12(11(3)18)8-10(15)2/h6-8,11H,5,9,18H2,1-4H3/t11-/m0/s1. The fraction of sp³-hybridized carbons (Fsp3) is 0.438. The Morgan fingerprint density at radius 2 is 2.14 bits per heavy atom. The van der Waals surface area contributed by atoms with Gasteiger partial charge in [-0.1, -0.05) is 30.7 Å². The lowest BCUT2D eigenvalue weighted by Crippen LogP contribution is -2.07. The van der Waals surface area contributed by atoms with Gasteiger partial charge in [-0.2, -0.15) is 5.10 Å². The number of nitrogens with two attached hydrogens (primary N) is 1. The van der Waals surface area contributed by atoms with Gasteiger partial charge in [-0.25, -0.2) is 0 Å². The Hall–Kier alpha value is -1.52. The van der Waals surface area contributed by atoms with Gasteiger partial charge in [0.1, 0.15) is 12.4 Å². The molecule has 0 aliphatic carbocycles. The lowest BCUT2D eigenvalue weighted by molar-refractivity contribution is 0.293. The van der Waals surface area contributed by atoms with E-state index in [2.05, 4.69) is 11.2 Å². The van der Waals surface area contributed by atoms with Gasteiger partial charge in [0.05, 0.1) is 16.4 Å². The Morgan fingerprint density at radius 1 is 1.43 bits per heavy atom. The van der Waals surface area contributed by atoms with Crippen LogP contribution in [-0.2, 0) is 20.1 Å². The van der Waals surface area contributed by atoms with Crippen LogP contribution in [0.15, 0.2) is 18.2 Å². The summed E-state index contributed by atoms with van der Waals surface area (Å²) in [4.78, 5) is 0. The van der Waals surface area contributed by atoms with E-state index in [1.54, 1.807) is 4.68 Å². The van der Waals surface area contributed by atoms with Crippen molar-refractivity contribution in [3.8, 4) is 5.75 Å². The minimum atomic E-state index is 0.0244. The van der Waals surface area contributed by atoms with Crippen molar-refractivity contribution in [3.63, 3.8) is 0 Å². The second kappa shape index (κ2) is 6.50. The van der Waals surface area contributed by atoms with E-state index < -0.39 is 0 Å². The molecule has 0 spiro atoms. The molecular formula is C16H22ClN3O. The molecule has 0 unspecified atom stereocenters. The van der Waals surface area contributed by atoms with Crippen molar-refractivity contribution >= 4 is 11.6 Å². The Kier molecular flexibility index (Phi) is 4.91. The molecule has 1 aromatic carbocycles. The predicted molar refractivity (Wildman–Crippen MR) is 85.7 cm³/mol. The molecule has 2 rings (SSSR count). The van der Waals surface area contributed by atoms with Crippen molar-refractivity contribution in [1.29, 1.82) is 0 Å². The first kappa shape index (κ1) is 15.9. The highest BCUT2D eigenvalue weighted by Crippen LogP contribution is 2.25. The SMILES string of the molecule is CCc1nn(C)c(COc2ccc([C@H](C)N)cc2C)c1Cl. The van der Waals surface area contributed by atoms with E-state index in [0.717, 1.165) is 34.7 Å². The van der Waals surface area contributed by atoms with Gasteiger partial charge in [-0.3, -0.25) is 4.68 Å². The number of benzene rings is 1.